The van der Waals surface area contributed by atoms with Gasteiger partial charge in [-0.15, -0.1) is 10.2 Å². The molecule has 0 saturated heterocycles. The van der Waals surface area contributed by atoms with E-state index in [4.69, 9.17) is 4.74 Å². The first-order valence-corrected chi connectivity index (χ1v) is 9.81. The van der Waals surface area contributed by atoms with Crippen LogP contribution in [0, 0.1) is 6.92 Å². The number of hydrogen-bond acceptors (Lipinski definition) is 7. The molecule has 9 nitrogen and oxygen atoms in total. The first-order chi connectivity index (χ1) is 15.7. The molecule has 0 saturated carbocycles. The molecule has 0 atom stereocenters. The van der Waals surface area contributed by atoms with E-state index in [1.165, 1.54) is 6.20 Å². The maximum absolute atomic E-state index is 12.5. The van der Waals surface area contributed by atoms with Crippen LogP contribution < -0.4 is 10.1 Å². The van der Waals surface area contributed by atoms with E-state index in [2.05, 4.69) is 30.5 Å². The number of benzene rings is 2. The molecule has 5 aromatic rings. The van der Waals surface area contributed by atoms with Crippen LogP contribution in [0.25, 0.3) is 16.9 Å². The molecule has 2 aromatic carbocycles. The van der Waals surface area contributed by atoms with Gasteiger partial charge in [0.25, 0.3) is 5.91 Å². The summed E-state index contributed by atoms with van der Waals surface area (Å²) in [6, 6.07) is 17.9. The molecule has 0 fully saturated rings. The third-order valence-corrected chi connectivity index (χ3v) is 4.71. The van der Waals surface area contributed by atoms with Crippen molar-refractivity contribution in [3.05, 3.63) is 90.8 Å². The maximum Gasteiger partial charge on any atom is 0.275 e. The van der Waals surface area contributed by atoms with Crippen LogP contribution in [0.4, 0.5) is 5.69 Å². The third-order valence-electron chi connectivity index (χ3n) is 4.71. The van der Waals surface area contributed by atoms with Gasteiger partial charge < -0.3 is 10.1 Å². The van der Waals surface area contributed by atoms with E-state index >= 15 is 0 Å². The molecule has 0 radical (unpaired) electrons. The fourth-order valence-corrected chi connectivity index (χ4v) is 3.10. The van der Waals surface area contributed by atoms with Gasteiger partial charge >= 0.3 is 0 Å². The van der Waals surface area contributed by atoms with Gasteiger partial charge in [0.15, 0.2) is 5.82 Å². The summed E-state index contributed by atoms with van der Waals surface area (Å²) in [7, 11) is 0. The summed E-state index contributed by atoms with van der Waals surface area (Å²) in [6.07, 6.45) is 4.98. The lowest BCUT2D eigenvalue weighted by atomic mass is 10.2. The number of carbonyl (C=O) groups excluding carboxylic acids is 1. The Bertz CT molecular complexity index is 1400. The van der Waals surface area contributed by atoms with Crippen LogP contribution in [0.15, 0.2) is 79.3 Å². The Balaban J connectivity index is 1.24. The highest BCUT2D eigenvalue weighted by Gasteiger charge is 2.10. The molecule has 0 spiro atoms. The second-order valence-electron chi connectivity index (χ2n) is 6.90. The van der Waals surface area contributed by atoms with Crippen molar-refractivity contribution in [3.8, 4) is 17.4 Å². The summed E-state index contributed by atoms with van der Waals surface area (Å²) < 4.78 is 7.57. The third kappa shape index (κ3) is 3.99. The van der Waals surface area contributed by atoms with Gasteiger partial charge in [-0.2, -0.15) is 0 Å². The van der Waals surface area contributed by atoms with Gasteiger partial charge in [-0.05, 0) is 49.4 Å². The summed E-state index contributed by atoms with van der Waals surface area (Å²) in [5, 5.41) is 11.1. The SMILES string of the molecule is Cc1nccn1-c1ccc(Oc2ccc(NC(=O)c3cnc4ccccc4n3)cc2)nn1. The zero-order valence-electron chi connectivity index (χ0n) is 17.0. The predicted octanol–water partition coefficient (Wildman–Crippen LogP) is 3.96. The van der Waals surface area contributed by atoms with E-state index in [9.17, 15) is 4.79 Å². The van der Waals surface area contributed by atoms with Gasteiger partial charge in [0.1, 0.15) is 17.3 Å². The number of aryl methyl sites for hydroxylation is 1. The van der Waals surface area contributed by atoms with E-state index in [-0.39, 0.29) is 11.6 Å². The molecular formula is C23H17N7O2. The topological polar surface area (TPSA) is 108 Å². The minimum Gasteiger partial charge on any atom is -0.438 e. The smallest absolute Gasteiger partial charge is 0.275 e. The number of fused-ring (bicyclic) bond motifs is 1. The number of rotatable bonds is 5. The lowest BCUT2D eigenvalue weighted by Crippen LogP contribution is -2.14. The quantitative estimate of drug-likeness (QED) is 0.456. The Morgan fingerprint density at radius 2 is 1.75 bits per heavy atom. The van der Waals surface area contributed by atoms with Crippen LogP contribution >= 0.6 is 0 Å². The number of nitrogens with zero attached hydrogens (tertiary/aromatic N) is 6. The largest absolute Gasteiger partial charge is 0.438 e. The molecule has 0 aliphatic heterocycles. The molecule has 1 amide bonds. The van der Waals surface area contributed by atoms with E-state index in [0.29, 0.717) is 28.7 Å². The molecular weight excluding hydrogens is 406 g/mol. The molecule has 0 unspecified atom stereocenters. The van der Waals surface area contributed by atoms with Crippen molar-refractivity contribution in [2.75, 3.05) is 5.32 Å². The highest BCUT2D eigenvalue weighted by atomic mass is 16.5. The summed E-state index contributed by atoms with van der Waals surface area (Å²) in [5.41, 5.74) is 2.25. The van der Waals surface area contributed by atoms with E-state index in [1.807, 2.05) is 42.0 Å². The first kappa shape index (κ1) is 19.3. The Morgan fingerprint density at radius 1 is 0.938 bits per heavy atom. The summed E-state index contributed by atoms with van der Waals surface area (Å²) in [6.45, 7) is 1.89. The number of ether oxygens (including phenoxy) is 1. The maximum atomic E-state index is 12.5. The lowest BCUT2D eigenvalue weighted by molar-refractivity contribution is 0.102. The molecule has 0 aliphatic rings. The molecule has 0 aliphatic carbocycles. The van der Waals surface area contributed by atoms with Gasteiger partial charge in [0.2, 0.25) is 5.88 Å². The van der Waals surface area contributed by atoms with Crippen molar-refractivity contribution >= 4 is 22.6 Å². The van der Waals surface area contributed by atoms with Crippen molar-refractivity contribution in [2.45, 2.75) is 6.92 Å². The molecule has 156 valence electrons. The molecule has 1 N–H and O–H groups in total. The number of aromatic nitrogens is 6. The van der Waals surface area contributed by atoms with E-state index < -0.39 is 0 Å². The van der Waals surface area contributed by atoms with Crippen LogP contribution in [0.2, 0.25) is 0 Å². The zero-order chi connectivity index (χ0) is 21.9. The van der Waals surface area contributed by atoms with E-state index in [0.717, 1.165) is 11.3 Å². The van der Waals surface area contributed by atoms with Crippen LogP contribution in [-0.2, 0) is 0 Å². The molecule has 0 bridgehead atoms. The number of nitrogens with one attached hydrogen (secondary N) is 1. The van der Waals surface area contributed by atoms with Gasteiger partial charge in [-0.1, -0.05) is 12.1 Å². The summed E-state index contributed by atoms with van der Waals surface area (Å²) >= 11 is 0. The van der Waals surface area contributed by atoms with Crippen molar-refractivity contribution < 1.29 is 9.53 Å². The number of amides is 1. The van der Waals surface area contributed by atoms with Gasteiger partial charge in [-0.25, -0.2) is 9.97 Å². The van der Waals surface area contributed by atoms with Crippen molar-refractivity contribution in [2.24, 2.45) is 0 Å². The Labute approximate surface area is 182 Å². The van der Waals surface area contributed by atoms with Crippen molar-refractivity contribution in [3.63, 3.8) is 0 Å². The Morgan fingerprint density at radius 3 is 2.47 bits per heavy atom. The molecule has 9 heteroatoms. The fourth-order valence-electron chi connectivity index (χ4n) is 3.10. The van der Waals surface area contributed by atoms with Crippen LogP contribution in [0.1, 0.15) is 16.3 Å². The average Bonchev–Trinajstić information content (AvgIpc) is 3.26. The Kier molecular flexibility index (Phi) is 4.97. The van der Waals surface area contributed by atoms with Crippen LogP contribution in [0.3, 0.4) is 0 Å². The number of imidazole rings is 1. The molecule has 3 heterocycles. The van der Waals surface area contributed by atoms with Crippen LogP contribution in [-0.4, -0.2) is 35.6 Å². The predicted molar refractivity (Wildman–Crippen MR) is 118 cm³/mol. The first-order valence-electron chi connectivity index (χ1n) is 9.81. The number of anilines is 1. The van der Waals surface area contributed by atoms with Crippen molar-refractivity contribution in [1.82, 2.24) is 29.7 Å². The number of para-hydroxylation sites is 2. The molecule has 3 aromatic heterocycles. The molecule has 5 rings (SSSR count). The normalized spacial score (nSPS) is 10.8. The fraction of sp³-hybridized carbons (Fsp3) is 0.0435. The minimum atomic E-state index is -0.340. The highest BCUT2D eigenvalue weighted by molar-refractivity contribution is 6.03. The number of hydrogen-bond donors (Lipinski definition) is 1. The second kappa shape index (κ2) is 8.23. The number of carbonyl (C=O) groups is 1. The second-order valence-corrected chi connectivity index (χ2v) is 6.90. The van der Waals surface area contributed by atoms with Gasteiger partial charge in [0, 0.05) is 24.1 Å². The highest BCUT2D eigenvalue weighted by Crippen LogP contribution is 2.22. The Hall–Kier alpha value is -4.66. The minimum absolute atomic E-state index is 0.243. The van der Waals surface area contributed by atoms with Gasteiger partial charge in [0.05, 0.1) is 17.2 Å². The monoisotopic (exact) mass is 423 g/mol. The average molecular weight is 423 g/mol. The van der Waals surface area contributed by atoms with Crippen LogP contribution in [0.5, 0.6) is 11.6 Å². The standard InChI is InChI=1S/C23H17N7O2/c1-15-24-12-13-30(15)21-10-11-22(29-28-21)32-17-8-6-16(7-9-17)26-23(31)20-14-25-18-4-2-3-5-19(18)27-20/h2-14H,1H3,(H,26,31). The van der Waals surface area contributed by atoms with Gasteiger partial charge in [-0.3, -0.25) is 14.3 Å². The lowest BCUT2D eigenvalue weighted by Gasteiger charge is -2.08. The summed E-state index contributed by atoms with van der Waals surface area (Å²) in [4.78, 5) is 25.3. The van der Waals surface area contributed by atoms with E-state index in [1.54, 1.807) is 42.6 Å². The zero-order valence-corrected chi connectivity index (χ0v) is 17.0. The molecule has 32 heavy (non-hydrogen) atoms. The summed E-state index contributed by atoms with van der Waals surface area (Å²) in [5.74, 6) is 2.06. The van der Waals surface area contributed by atoms with Crippen molar-refractivity contribution in [1.29, 1.82) is 0 Å².